The number of hydrogen-bond acceptors (Lipinski definition) is 5. The highest BCUT2D eigenvalue weighted by molar-refractivity contribution is 5.89. The Morgan fingerprint density at radius 1 is 1.07 bits per heavy atom. The van der Waals surface area contributed by atoms with Gasteiger partial charge in [-0.1, -0.05) is 50.2 Å². The fraction of sp³-hybridized carbons (Fsp3) is 0.333. The van der Waals surface area contributed by atoms with Crippen molar-refractivity contribution in [2.75, 3.05) is 18.4 Å². The minimum atomic E-state index is -0.254. The molecule has 2 amide bonds. The van der Waals surface area contributed by atoms with Gasteiger partial charge in [0.1, 0.15) is 0 Å². The van der Waals surface area contributed by atoms with Crippen LogP contribution in [-0.4, -0.2) is 44.2 Å². The molecule has 0 saturated carbocycles. The van der Waals surface area contributed by atoms with E-state index in [-0.39, 0.29) is 6.03 Å². The lowest BCUT2D eigenvalue weighted by Gasteiger charge is -2.20. The second-order valence-electron chi connectivity index (χ2n) is 6.74. The van der Waals surface area contributed by atoms with Crippen molar-refractivity contribution in [2.24, 2.45) is 7.05 Å². The minimum Gasteiger partial charge on any atom is -0.334 e. The van der Waals surface area contributed by atoms with Crippen molar-refractivity contribution >= 4 is 11.7 Å². The molecule has 2 aromatic carbocycles. The predicted molar refractivity (Wildman–Crippen MR) is 113 cm³/mol. The summed E-state index contributed by atoms with van der Waals surface area (Å²) < 4.78 is 1.59. The van der Waals surface area contributed by atoms with Crippen LogP contribution in [0.15, 0.2) is 48.5 Å². The normalized spacial score (nSPS) is 10.9. The minimum absolute atomic E-state index is 0.254. The van der Waals surface area contributed by atoms with Crippen molar-refractivity contribution in [1.82, 2.24) is 30.4 Å². The smallest absolute Gasteiger partial charge is 0.319 e. The summed E-state index contributed by atoms with van der Waals surface area (Å²) in [5.41, 5.74) is 3.86. The van der Waals surface area contributed by atoms with Gasteiger partial charge in [0, 0.05) is 31.4 Å². The number of hydrogen-bond donors (Lipinski definition) is 2. The summed E-state index contributed by atoms with van der Waals surface area (Å²) in [6.07, 6.45) is 0. The molecule has 152 valence electrons. The summed E-state index contributed by atoms with van der Waals surface area (Å²) in [6.45, 7) is 7.65. The van der Waals surface area contributed by atoms with Gasteiger partial charge in [-0.15, -0.1) is 5.10 Å². The van der Waals surface area contributed by atoms with Gasteiger partial charge < -0.3 is 10.6 Å². The molecule has 0 bridgehead atoms. The molecular weight excluding hydrogens is 366 g/mol. The van der Waals surface area contributed by atoms with Crippen LogP contribution in [0.2, 0.25) is 0 Å². The fourth-order valence-corrected chi connectivity index (χ4v) is 3.13. The number of nitrogens with one attached hydrogen (secondary N) is 2. The summed E-state index contributed by atoms with van der Waals surface area (Å²) in [7, 11) is 1.78. The van der Waals surface area contributed by atoms with Crippen LogP contribution in [0.3, 0.4) is 0 Å². The van der Waals surface area contributed by atoms with Crippen LogP contribution in [0.1, 0.15) is 25.0 Å². The second kappa shape index (κ2) is 9.79. The summed E-state index contributed by atoms with van der Waals surface area (Å²) in [5.74, 6) is 0.638. The molecule has 0 unspecified atom stereocenters. The van der Waals surface area contributed by atoms with Gasteiger partial charge in [-0.25, -0.2) is 9.48 Å². The van der Waals surface area contributed by atoms with E-state index in [1.807, 2.05) is 36.4 Å². The largest absolute Gasteiger partial charge is 0.334 e. The molecule has 0 radical (unpaired) electrons. The zero-order chi connectivity index (χ0) is 20.6. The average molecular weight is 393 g/mol. The molecule has 8 nitrogen and oxygen atoms in total. The molecule has 2 N–H and O–H groups in total. The summed E-state index contributed by atoms with van der Waals surface area (Å²) in [6, 6.07) is 15.4. The number of rotatable bonds is 8. The SMILES string of the molecule is CCN(CC)Cc1ccccc1CNC(=O)Nc1cccc(-c2nnnn2C)c1. The van der Waals surface area contributed by atoms with Crippen LogP contribution in [0.25, 0.3) is 11.4 Å². The molecule has 1 heterocycles. The van der Waals surface area contributed by atoms with Crippen LogP contribution in [-0.2, 0) is 20.1 Å². The van der Waals surface area contributed by atoms with Gasteiger partial charge in [0.15, 0.2) is 5.82 Å². The van der Waals surface area contributed by atoms with Crippen LogP contribution in [0.4, 0.5) is 10.5 Å². The number of anilines is 1. The molecule has 8 heteroatoms. The number of tetrazole rings is 1. The topological polar surface area (TPSA) is 88.0 Å². The van der Waals surface area contributed by atoms with Crippen LogP contribution >= 0.6 is 0 Å². The van der Waals surface area contributed by atoms with Crippen molar-refractivity contribution in [3.05, 3.63) is 59.7 Å². The number of amides is 2. The molecule has 1 aromatic heterocycles. The average Bonchev–Trinajstić information content (AvgIpc) is 3.17. The van der Waals surface area contributed by atoms with Crippen molar-refractivity contribution in [2.45, 2.75) is 26.9 Å². The Kier molecular flexibility index (Phi) is 6.91. The number of nitrogens with zero attached hydrogens (tertiary/aromatic N) is 5. The van der Waals surface area contributed by atoms with E-state index in [0.717, 1.165) is 30.8 Å². The van der Waals surface area contributed by atoms with E-state index in [2.05, 4.69) is 57.0 Å². The molecule has 0 aliphatic carbocycles. The third kappa shape index (κ3) is 5.39. The van der Waals surface area contributed by atoms with Crippen molar-refractivity contribution < 1.29 is 4.79 Å². The van der Waals surface area contributed by atoms with E-state index in [1.165, 1.54) is 5.56 Å². The Morgan fingerprint density at radius 2 is 1.83 bits per heavy atom. The molecule has 0 atom stereocenters. The number of carbonyl (C=O) groups is 1. The fourth-order valence-electron chi connectivity index (χ4n) is 3.13. The zero-order valence-electron chi connectivity index (χ0n) is 17.1. The van der Waals surface area contributed by atoms with E-state index < -0.39 is 0 Å². The van der Waals surface area contributed by atoms with Crippen molar-refractivity contribution in [3.63, 3.8) is 0 Å². The number of urea groups is 1. The molecule has 3 aromatic rings. The molecule has 3 rings (SSSR count). The number of aryl methyl sites for hydroxylation is 1. The van der Waals surface area contributed by atoms with Crippen molar-refractivity contribution in [1.29, 1.82) is 0 Å². The van der Waals surface area contributed by atoms with E-state index in [4.69, 9.17) is 0 Å². The first-order chi connectivity index (χ1) is 14.1. The Hall–Kier alpha value is -3.26. The van der Waals surface area contributed by atoms with E-state index >= 15 is 0 Å². The van der Waals surface area contributed by atoms with Crippen LogP contribution in [0, 0.1) is 0 Å². The number of aromatic nitrogens is 4. The first-order valence-corrected chi connectivity index (χ1v) is 9.77. The van der Waals surface area contributed by atoms with Gasteiger partial charge in [-0.2, -0.15) is 0 Å². The molecular formula is C21H27N7O. The maximum atomic E-state index is 12.4. The van der Waals surface area contributed by atoms with E-state index in [0.29, 0.717) is 18.1 Å². The number of benzene rings is 2. The van der Waals surface area contributed by atoms with Crippen LogP contribution in [0.5, 0.6) is 0 Å². The Labute approximate surface area is 170 Å². The molecule has 0 saturated heterocycles. The highest BCUT2D eigenvalue weighted by Crippen LogP contribution is 2.19. The first kappa shape index (κ1) is 20.5. The standard InChI is InChI=1S/C21H27N7O/c1-4-28(5-2)15-18-10-7-6-9-17(18)14-22-21(29)23-19-12-8-11-16(13-19)20-24-25-26-27(20)3/h6-13H,4-5,14-15H2,1-3H3,(H2,22,23,29). The first-order valence-electron chi connectivity index (χ1n) is 9.77. The van der Waals surface area contributed by atoms with Crippen molar-refractivity contribution in [3.8, 4) is 11.4 Å². The summed E-state index contributed by atoms with van der Waals surface area (Å²) >= 11 is 0. The van der Waals surface area contributed by atoms with Gasteiger partial charge in [-0.3, -0.25) is 4.90 Å². The monoisotopic (exact) mass is 393 g/mol. The molecule has 0 aliphatic heterocycles. The second-order valence-corrected chi connectivity index (χ2v) is 6.74. The lowest BCUT2D eigenvalue weighted by molar-refractivity contribution is 0.251. The maximum absolute atomic E-state index is 12.4. The Morgan fingerprint density at radius 3 is 2.52 bits per heavy atom. The molecule has 0 aliphatic rings. The van der Waals surface area contributed by atoms with Gasteiger partial charge in [-0.05, 0) is 46.8 Å². The van der Waals surface area contributed by atoms with Gasteiger partial charge in [0.05, 0.1) is 0 Å². The van der Waals surface area contributed by atoms with Crippen LogP contribution < -0.4 is 10.6 Å². The molecule has 0 fully saturated rings. The Balaban J connectivity index is 1.62. The highest BCUT2D eigenvalue weighted by atomic mass is 16.2. The Bertz CT molecular complexity index is 949. The highest BCUT2D eigenvalue weighted by Gasteiger charge is 2.10. The maximum Gasteiger partial charge on any atom is 0.319 e. The lowest BCUT2D eigenvalue weighted by Crippen LogP contribution is -2.29. The number of carbonyl (C=O) groups excluding carboxylic acids is 1. The molecule has 0 spiro atoms. The quantitative estimate of drug-likeness (QED) is 0.614. The summed E-state index contributed by atoms with van der Waals surface area (Å²) in [5, 5.41) is 17.3. The third-order valence-corrected chi connectivity index (χ3v) is 4.84. The third-order valence-electron chi connectivity index (χ3n) is 4.84. The van der Waals surface area contributed by atoms with Gasteiger partial charge in [0.2, 0.25) is 0 Å². The van der Waals surface area contributed by atoms with E-state index in [9.17, 15) is 4.79 Å². The predicted octanol–water partition coefficient (Wildman–Crippen LogP) is 3.04. The van der Waals surface area contributed by atoms with E-state index in [1.54, 1.807) is 11.7 Å². The van der Waals surface area contributed by atoms with Gasteiger partial charge in [0.25, 0.3) is 0 Å². The lowest BCUT2D eigenvalue weighted by atomic mass is 10.1. The molecule has 29 heavy (non-hydrogen) atoms. The zero-order valence-corrected chi connectivity index (χ0v) is 17.1. The summed E-state index contributed by atoms with van der Waals surface area (Å²) in [4.78, 5) is 14.8. The van der Waals surface area contributed by atoms with Gasteiger partial charge >= 0.3 is 6.03 Å².